The largest absolute Gasteiger partial charge is 0.496 e. The summed E-state index contributed by atoms with van der Waals surface area (Å²) in [6, 6.07) is 13.5. The molecule has 0 saturated carbocycles. The zero-order chi connectivity index (χ0) is 16.7. The Balaban J connectivity index is 1.72. The highest BCUT2D eigenvalue weighted by atomic mass is 35.5. The SMILES string of the molecule is COc1ccc(CC(=O)NCCSc2ccc(Cl)cc2)cc1C. The Labute approximate surface area is 146 Å². The molecule has 0 heterocycles. The maximum Gasteiger partial charge on any atom is 0.224 e. The van der Waals surface area contributed by atoms with Gasteiger partial charge in [-0.25, -0.2) is 0 Å². The van der Waals surface area contributed by atoms with Crippen LogP contribution in [0.15, 0.2) is 47.4 Å². The molecule has 0 aliphatic heterocycles. The average Bonchev–Trinajstić information content (AvgIpc) is 2.53. The zero-order valence-corrected chi connectivity index (χ0v) is 14.8. The Morgan fingerprint density at radius 1 is 1.22 bits per heavy atom. The summed E-state index contributed by atoms with van der Waals surface area (Å²) >= 11 is 7.54. The van der Waals surface area contributed by atoms with Gasteiger partial charge in [0.2, 0.25) is 5.91 Å². The van der Waals surface area contributed by atoms with E-state index >= 15 is 0 Å². The highest BCUT2D eigenvalue weighted by Gasteiger charge is 2.05. The van der Waals surface area contributed by atoms with Crippen molar-refractivity contribution in [1.82, 2.24) is 5.32 Å². The van der Waals surface area contributed by atoms with Crippen LogP contribution in [0.1, 0.15) is 11.1 Å². The summed E-state index contributed by atoms with van der Waals surface area (Å²) < 4.78 is 5.22. The van der Waals surface area contributed by atoms with Crippen LogP contribution in [0.25, 0.3) is 0 Å². The molecule has 2 aromatic rings. The molecular formula is C18H20ClNO2S. The van der Waals surface area contributed by atoms with Gasteiger partial charge in [-0.1, -0.05) is 23.7 Å². The van der Waals surface area contributed by atoms with E-state index in [1.165, 1.54) is 0 Å². The van der Waals surface area contributed by atoms with Crippen LogP contribution in [0.3, 0.4) is 0 Å². The number of thioether (sulfide) groups is 1. The molecule has 5 heteroatoms. The number of nitrogens with one attached hydrogen (secondary N) is 1. The van der Waals surface area contributed by atoms with Crippen LogP contribution in [0.4, 0.5) is 0 Å². The molecular weight excluding hydrogens is 330 g/mol. The first-order valence-electron chi connectivity index (χ1n) is 7.37. The van der Waals surface area contributed by atoms with Gasteiger partial charge in [-0.3, -0.25) is 4.79 Å². The van der Waals surface area contributed by atoms with Crippen LogP contribution < -0.4 is 10.1 Å². The van der Waals surface area contributed by atoms with Crippen LogP contribution >= 0.6 is 23.4 Å². The van der Waals surface area contributed by atoms with E-state index in [1.54, 1.807) is 18.9 Å². The van der Waals surface area contributed by atoms with Crippen molar-refractivity contribution in [3.63, 3.8) is 0 Å². The Bertz CT molecular complexity index is 659. The van der Waals surface area contributed by atoms with Gasteiger partial charge in [0.05, 0.1) is 13.5 Å². The number of carbonyl (C=O) groups is 1. The van der Waals surface area contributed by atoms with Gasteiger partial charge in [-0.2, -0.15) is 0 Å². The van der Waals surface area contributed by atoms with Crippen molar-refractivity contribution in [2.45, 2.75) is 18.2 Å². The van der Waals surface area contributed by atoms with E-state index in [0.29, 0.717) is 13.0 Å². The molecule has 0 radical (unpaired) electrons. The van der Waals surface area contributed by atoms with E-state index in [9.17, 15) is 4.79 Å². The summed E-state index contributed by atoms with van der Waals surface area (Å²) in [5.74, 6) is 1.70. The molecule has 0 atom stereocenters. The van der Waals surface area contributed by atoms with Crippen molar-refractivity contribution in [2.24, 2.45) is 0 Å². The predicted octanol–water partition coefficient (Wildman–Crippen LogP) is 4.11. The van der Waals surface area contributed by atoms with Gasteiger partial charge < -0.3 is 10.1 Å². The lowest BCUT2D eigenvalue weighted by Gasteiger charge is -2.08. The number of ether oxygens (including phenoxy) is 1. The van der Waals surface area contributed by atoms with Gasteiger partial charge in [-0.15, -0.1) is 11.8 Å². The normalized spacial score (nSPS) is 10.4. The number of hydrogen-bond acceptors (Lipinski definition) is 3. The highest BCUT2D eigenvalue weighted by molar-refractivity contribution is 7.99. The molecule has 23 heavy (non-hydrogen) atoms. The lowest BCUT2D eigenvalue weighted by Crippen LogP contribution is -2.27. The summed E-state index contributed by atoms with van der Waals surface area (Å²) in [5, 5.41) is 3.68. The molecule has 0 bridgehead atoms. The smallest absolute Gasteiger partial charge is 0.224 e. The van der Waals surface area contributed by atoms with Gasteiger partial charge in [0, 0.05) is 22.2 Å². The molecule has 122 valence electrons. The maximum absolute atomic E-state index is 12.0. The number of amides is 1. The van der Waals surface area contributed by atoms with Gasteiger partial charge in [-0.05, 0) is 48.4 Å². The van der Waals surface area contributed by atoms with E-state index in [2.05, 4.69) is 5.32 Å². The molecule has 1 N–H and O–H groups in total. The molecule has 0 saturated heterocycles. The lowest BCUT2D eigenvalue weighted by molar-refractivity contribution is -0.120. The fourth-order valence-electron chi connectivity index (χ4n) is 2.19. The van der Waals surface area contributed by atoms with Crippen molar-refractivity contribution < 1.29 is 9.53 Å². The number of carbonyl (C=O) groups excluding carboxylic acids is 1. The van der Waals surface area contributed by atoms with E-state index < -0.39 is 0 Å². The van der Waals surface area contributed by atoms with E-state index in [0.717, 1.165) is 32.5 Å². The molecule has 1 amide bonds. The summed E-state index contributed by atoms with van der Waals surface area (Å²) in [6.45, 7) is 2.62. The van der Waals surface area contributed by atoms with Gasteiger partial charge >= 0.3 is 0 Å². The van der Waals surface area contributed by atoms with Crippen LogP contribution in [0.5, 0.6) is 5.75 Å². The Morgan fingerprint density at radius 2 is 1.96 bits per heavy atom. The van der Waals surface area contributed by atoms with Crippen molar-refractivity contribution in [3.05, 3.63) is 58.6 Å². The van der Waals surface area contributed by atoms with Gasteiger partial charge in [0.25, 0.3) is 0 Å². The first-order valence-corrected chi connectivity index (χ1v) is 8.73. The molecule has 0 aliphatic carbocycles. The van der Waals surface area contributed by atoms with Crippen molar-refractivity contribution in [3.8, 4) is 5.75 Å². The third-order valence-corrected chi connectivity index (χ3v) is 4.60. The minimum absolute atomic E-state index is 0.0336. The summed E-state index contributed by atoms with van der Waals surface area (Å²) in [7, 11) is 1.65. The predicted molar refractivity (Wildman–Crippen MR) is 96.6 cm³/mol. The Hall–Kier alpha value is -1.65. The number of rotatable bonds is 7. The second-order valence-electron chi connectivity index (χ2n) is 5.13. The van der Waals surface area contributed by atoms with E-state index in [4.69, 9.17) is 16.3 Å². The maximum atomic E-state index is 12.0. The van der Waals surface area contributed by atoms with Crippen molar-refractivity contribution in [1.29, 1.82) is 0 Å². The quantitative estimate of drug-likeness (QED) is 0.604. The van der Waals surface area contributed by atoms with Gasteiger partial charge in [0.15, 0.2) is 0 Å². The third kappa shape index (κ3) is 5.81. The molecule has 2 aromatic carbocycles. The fraction of sp³-hybridized carbons (Fsp3) is 0.278. The van der Waals surface area contributed by atoms with Crippen LogP contribution in [-0.4, -0.2) is 25.3 Å². The number of aryl methyl sites for hydroxylation is 1. The summed E-state index contributed by atoms with van der Waals surface area (Å²) in [4.78, 5) is 13.1. The standard InChI is InChI=1S/C18H20ClNO2S/c1-13-11-14(3-8-17(13)22-2)12-18(21)20-9-10-23-16-6-4-15(19)5-7-16/h3-8,11H,9-10,12H2,1-2H3,(H,20,21). The first kappa shape index (κ1) is 17.7. The Kier molecular flexibility index (Phi) is 6.81. The monoisotopic (exact) mass is 349 g/mol. The van der Waals surface area contributed by atoms with Gasteiger partial charge in [0.1, 0.15) is 5.75 Å². The van der Waals surface area contributed by atoms with E-state index in [1.807, 2.05) is 49.4 Å². The number of hydrogen-bond donors (Lipinski definition) is 1. The van der Waals surface area contributed by atoms with Crippen molar-refractivity contribution in [2.75, 3.05) is 19.4 Å². The number of methoxy groups -OCH3 is 1. The first-order chi connectivity index (χ1) is 11.1. The number of halogens is 1. The van der Waals surface area contributed by atoms with Crippen LogP contribution in [-0.2, 0) is 11.2 Å². The second kappa shape index (κ2) is 8.85. The van der Waals surface area contributed by atoms with Crippen molar-refractivity contribution >= 4 is 29.3 Å². The molecule has 0 aliphatic rings. The molecule has 0 unspecified atom stereocenters. The van der Waals surface area contributed by atoms with Crippen LogP contribution in [0.2, 0.25) is 5.02 Å². The van der Waals surface area contributed by atoms with Crippen LogP contribution in [0, 0.1) is 6.92 Å². The average molecular weight is 350 g/mol. The minimum atomic E-state index is 0.0336. The minimum Gasteiger partial charge on any atom is -0.496 e. The molecule has 3 nitrogen and oxygen atoms in total. The fourth-order valence-corrected chi connectivity index (χ4v) is 3.08. The molecule has 2 rings (SSSR count). The van der Waals surface area contributed by atoms with E-state index in [-0.39, 0.29) is 5.91 Å². The summed E-state index contributed by atoms with van der Waals surface area (Å²) in [6.07, 6.45) is 0.385. The number of benzene rings is 2. The lowest BCUT2D eigenvalue weighted by atomic mass is 10.1. The Morgan fingerprint density at radius 3 is 2.61 bits per heavy atom. The highest BCUT2D eigenvalue weighted by Crippen LogP contribution is 2.20. The molecule has 0 aromatic heterocycles. The second-order valence-corrected chi connectivity index (χ2v) is 6.74. The topological polar surface area (TPSA) is 38.3 Å². The molecule has 0 fully saturated rings. The zero-order valence-electron chi connectivity index (χ0n) is 13.3. The summed E-state index contributed by atoms with van der Waals surface area (Å²) in [5.41, 5.74) is 2.03. The molecule has 0 spiro atoms. The third-order valence-electron chi connectivity index (χ3n) is 3.33.